The smallest absolute Gasteiger partial charge is 0.254 e. The number of ether oxygens (including phenoxy) is 2. The van der Waals surface area contributed by atoms with E-state index in [1.165, 1.54) is 0 Å². The summed E-state index contributed by atoms with van der Waals surface area (Å²) < 4.78 is 10.9. The molecule has 1 atom stereocenters. The molecule has 4 nitrogen and oxygen atoms in total. The summed E-state index contributed by atoms with van der Waals surface area (Å²) in [5.74, 6) is 5.22. The highest BCUT2D eigenvalue weighted by molar-refractivity contribution is 6.12. The summed E-state index contributed by atoms with van der Waals surface area (Å²) in [6, 6.07) is 0. The Hall–Kier alpha value is -1.47. The molecule has 0 aliphatic heterocycles. The Bertz CT molecular complexity index is 451. The van der Waals surface area contributed by atoms with Gasteiger partial charge in [0.2, 0.25) is 5.76 Å². The minimum atomic E-state index is -1.83. The van der Waals surface area contributed by atoms with Crippen molar-refractivity contribution < 1.29 is 19.4 Å². The molecule has 0 aromatic rings. The van der Waals surface area contributed by atoms with Gasteiger partial charge in [0, 0.05) is 6.42 Å². The van der Waals surface area contributed by atoms with E-state index < -0.39 is 11.4 Å². The van der Waals surface area contributed by atoms with Crippen molar-refractivity contribution in [1.29, 1.82) is 0 Å². The number of rotatable bonds is 6. The lowest BCUT2D eigenvalue weighted by atomic mass is 9.83. The maximum absolute atomic E-state index is 12.1. The molecule has 1 aliphatic carbocycles. The lowest BCUT2D eigenvalue weighted by Gasteiger charge is -2.36. The van der Waals surface area contributed by atoms with Gasteiger partial charge in [0.25, 0.3) is 11.4 Å². The standard InChI is InChI=1S/C16H24O4/c1-6-7-8-9-10-16(18)14(17)13(19-11(2)3)15(16)20-12(4)5/h11-12,18H,6-8H2,1-5H3. The molecular weight excluding hydrogens is 256 g/mol. The fraction of sp³-hybridized carbons (Fsp3) is 0.688. The minimum absolute atomic E-state index is 0.0981. The first-order valence-electron chi connectivity index (χ1n) is 7.18. The second-order valence-electron chi connectivity index (χ2n) is 5.44. The summed E-state index contributed by atoms with van der Waals surface area (Å²) >= 11 is 0. The summed E-state index contributed by atoms with van der Waals surface area (Å²) in [6.07, 6.45) is 2.30. The number of carbonyl (C=O) groups excluding carboxylic acids is 1. The average molecular weight is 280 g/mol. The third-order valence-electron chi connectivity index (χ3n) is 2.70. The van der Waals surface area contributed by atoms with Crippen molar-refractivity contribution in [2.75, 3.05) is 0 Å². The van der Waals surface area contributed by atoms with E-state index in [1.54, 1.807) is 0 Å². The molecule has 0 bridgehead atoms. The van der Waals surface area contributed by atoms with E-state index in [0.29, 0.717) is 6.42 Å². The highest BCUT2D eigenvalue weighted by Gasteiger charge is 2.56. The van der Waals surface area contributed by atoms with Crippen LogP contribution in [0, 0.1) is 11.8 Å². The SMILES string of the molecule is CCCCC#CC1(O)C(=O)C(OC(C)C)=C1OC(C)C. The topological polar surface area (TPSA) is 55.8 Å². The molecule has 4 heteroatoms. The van der Waals surface area contributed by atoms with Crippen LogP contribution in [0.15, 0.2) is 11.5 Å². The molecule has 0 radical (unpaired) electrons. The summed E-state index contributed by atoms with van der Waals surface area (Å²) in [6.45, 7) is 9.35. The number of ketones is 1. The van der Waals surface area contributed by atoms with E-state index in [-0.39, 0.29) is 23.7 Å². The molecule has 0 aromatic heterocycles. The molecule has 20 heavy (non-hydrogen) atoms. The lowest BCUT2D eigenvalue weighted by molar-refractivity contribution is -0.143. The number of hydrogen-bond donors (Lipinski definition) is 1. The van der Waals surface area contributed by atoms with Crippen molar-refractivity contribution in [1.82, 2.24) is 0 Å². The van der Waals surface area contributed by atoms with E-state index >= 15 is 0 Å². The van der Waals surface area contributed by atoms with Crippen LogP contribution in [0.25, 0.3) is 0 Å². The maximum Gasteiger partial charge on any atom is 0.254 e. The molecule has 0 spiro atoms. The van der Waals surface area contributed by atoms with E-state index in [2.05, 4.69) is 18.8 Å². The predicted molar refractivity (Wildman–Crippen MR) is 76.7 cm³/mol. The summed E-state index contributed by atoms with van der Waals surface area (Å²) in [5, 5.41) is 10.4. The molecule has 0 amide bonds. The Labute approximate surface area is 121 Å². The highest BCUT2D eigenvalue weighted by atomic mass is 16.5. The Balaban J connectivity index is 2.97. The van der Waals surface area contributed by atoms with Gasteiger partial charge in [-0.3, -0.25) is 4.79 Å². The molecule has 0 fully saturated rings. The van der Waals surface area contributed by atoms with Gasteiger partial charge < -0.3 is 14.6 Å². The van der Waals surface area contributed by atoms with Crippen LogP contribution in [0.1, 0.15) is 53.9 Å². The Morgan fingerprint density at radius 3 is 2.30 bits per heavy atom. The van der Waals surface area contributed by atoms with Crippen LogP contribution < -0.4 is 0 Å². The van der Waals surface area contributed by atoms with Crippen molar-refractivity contribution in [3.63, 3.8) is 0 Å². The summed E-state index contributed by atoms with van der Waals surface area (Å²) in [4.78, 5) is 12.1. The zero-order chi connectivity index (χ0) is 15.3. The highest BCUT2D eigenvalue weighted by Crippen LogP contribution is 2.37. The Morgan fingerprint density at radius 1 is 1.20 bits per heavy atom. The van der Waals surface area contributed by atoms with Crippen LogP contribution in [-0.2, 0) is 14.3 Å². The number of aliphatic hydroxyl groups is 1. The second kappa shape index (κ2) is 6.81. The zero-order valence-electron chi connectivity index (χ0n) is 12.9. The molecule has 0 saturated heterocycles. The quantitative estimate of drug-likeness (QED) is 0.600. The molecule has 1 N–H and O–H groups in total. The molecule has 0 aromatic carbocycles. The second-order valence-corrected chi connectivity index (χ2v) is 5.44. The molecule has 1 unspecified atom stereocenters. The summed E-state index contributed by atoms with van der Waals surface area (Å²) in [5.41, 5.74) is -1.83. The minimum Gasteiger partial charge on any atom is -0.487 e. The first kappa shape index (κ1) is 16.6. The van der Waals surface area contributed by atoms with E-state index in [9.17, 15) is 9.90 Å². The Kier molecular flexibility index (Phi) is 5.64. The molecular formula is C16H24O4. The van der Waals surface area contributed by atoms with Crippen molar-refractivity contribution >= 4 is 5.78 Å². The monoisotopic (exact) mass is 280 g/mol. The van der Waals surface area contributed by atoms with Gasteiger partial charge in [-0.15, -0.1) is 0 Å². The average Bonchev–Trinajstić information content (AvgIpc) is 2.38. The Morgan fingerprint density at radius 2 is 1.80 bits per heavy atom. The molecule has 1 aliphatic rings. The third kappa shape index (κ3) is 3.55. The zero-order valence-corrected chi connectivity index (χ0v) is 12.9. The number of unbranched alkanes of at least 4 members (excludes halogenated alkanes) is 2. The fourth-order valence-corrected chi connectivity index (χ4v) is 1.76. The first-order valence-corrected chi connectivity index (χ1v) is 7.18. The van der Waals surface area contributed by atoms with Crippen LogP contribution >= 0.6 is 0 Å². The van der Waals surface area contributed by atoms with Crippen LogP contribution in [0.5, 0.6) is 0 Å². The molecule has 112 valence electrons. The van der Waals surface area contributed by atoms with Crippen molar-refractivity contribution in [3.05, 3.63) is 11.5 Å². The van der Waals surface area contributed by atoms with Crippen LogP contribution in [-0.4, -0.2) is 28.7 Å². The van der Waals surface area contributed by atoms with Gasteiger partial charge >= 0.3 is 0 Å². The van der Waals surface area contributed by atoms with Gasteiger partial charge in [-0.2, -0.15) is 0 Å². The number of carbonyl (C=O) groups is 1. The largest absolute Gasteiger partial charge is 0.487 e. The van der Waals surface area contributed by atoms with Gasteiger partial charge in [-0.1, -0.05) is 25.2 Å². The van der Waals surface area contributed by atoms with Gasteiger partial charge in [0.1, 0.15) is 0 Å². The molecule has 1 rings (SSSR count). The maximum atomic E-state index is 12.1. The summed E-state index contributed by atoms with van der Waals surface area (Å²) in [7, 11) is 0. The number of Topliss-reactive ketones (excluding diaryl/α,β-unsaturated/α-hetero) is 1. The van der Waals surface area contributed by atoms with Crippen LogP contribution in [0.3, 0.4) is 0 Å². The van der Waals surface area contributed by atoms with Crippen LogP contribution in [0.4, 0.5) is 0 Å². The van der Waals surface area contributed by atoms with Crippen molar-refractivity contribution in [2.45, 2.75) is 71.7 Å². The van der Waals surface area contributed by atoms with E-state index in [0.717, 1.165) is 12.8 Å². The van der Waals surface area contributed by atoms with Crippen molar-refractivity contribution in [3.8, 4) is 11.8 Å². The van der Waals surface area contributed by atoms with E-state index in [1.807, 2.05) is 27.7 Å². The third-order valence-corrected chi connectivity index (χ3v) is 2.70. The van der Waals surface area contributed by atoms with Crippen LogP contribution in [0.2, 0.25) is 0 Å². The predicted octanol–water partition coefficient (Wildman–Crippen LogP) is 2.56. The van der Waals surface area contributed by atoms with Gasteiger partial charge in [-0.25, -0.2) is 0 Å². The van der Waals surface area contributed by atoms with Gasteiger partial charge in [0.05, 0.1) is 12.2 Å². The molecule has 0 heterocycles. The lowest BCUT2D eigenvalue weighted by Crippen LogP contribution is -2.52. The first-order chi connectivity index (χ1) is 9.32. The van der Waals surface area contributed by atoms with Gasteiger partial charge in [0.15, 0.2) is 5.76 Å². The normalized spacial score (nSPS) is 21.7. The van der Waals surface area contributed by atoms with Gasteiger partial charge in [-0.05, 0) is 34.1 Å². The van der Waals surface area contributed by atoms with E-state index in [4.69, 9.17) is 9.47 Å². The number of hydrogen-bond acceptors (Lipinski definition) is 4. The van der Waals surface area contributed by atoms with Crippen molar-refractivity contribution in [2.24, 2.45) is 0 Å². The fourth-order valence-electron chi connectivity index (χ4n) is 1.76. The molecule has 0 saturated carbocycles.